The molecule has 0 aliphatic carbocycles. The van der Waals surface area contributed by atoms with Gasteiger partial charge >= 0.3 is 0 Å². The van der Waals surface area contributed by atoms with Crippen LogP contribution in [0.2, 0.25) is 0 Å². The van der Waals surface area contributed by atoms with E-state index in [9.17, 15) is 0 Å². The number of aryl methyl sites for hydroxylation is 1. The van der Waals surface area contributed by atoms with Gasteiger partial charge in [-0.15, -0.1) is 10.2 Å². The van der Waals surface area contributed by atoms with Crippen molar-refractivity contribution < 1.29 is 9.47 Å². The number of hydrogen-bond donors (Lipinski definition) is 1. The molecule has 2 aromatic rings. The van der Waals surface area contributed by atoms with Gasteiger partial charge in [-0.1, -0.05) is 17.8 Å². The molecule has 3 rings (SSSR count). The first-order valence-electron chi connectivity index (χ1n) is 6.74. The van der Waals surface area contributed by atoms with Gasteiger partial charge in [-0.05, 0) is 31.7 Å². The molecule has 1 unspecified atom stereocenters. The molecule has 1 aromatic carbocycles. The van der Waals surface area contributed by atoms with Crippen LogP contribution in [0.1, 0.15) is 17.4 Å². The van der Waals surface area contributed by atoms with Crippen LogP contribution in [0.3, 0.4) is 0 Å². The van der Waals surface area contributed by atoms with Gasteiger partial charge in [-0.25, -0.2) is 0 Å². The van der Waals surface area contributed by atoms with Gasteiger partial charge in [-0.2, -0.15) is 0 Å². The zero-order valence-electron chi connectivity index (χ0n) is 12.3. The lowest BCUT2D eigenvalue weighted by Gasteiger charge is -2.16. The highest BCUT2D eigenvalue weighted by molar-refractivity contribution is 7.99. The van der Waals surface area contributed by atoms with E-state index < -0.39 is 0 Å². The molecule has 1 N–H and O–H groups in total. The van der Waals surface area contributed by atoms with Crippen LogP contribution in [0.4, 0.5) is 0 Å². The summed E-state index contributed by atoms with van der Waals surface area (Å²) in [6.07, 6.45) is 0. The van der Waals surface area contributed by atoms with Crippen LogP contribution in [0.25, 0.3) is 0 Å². The number of nitrogens with zero attached hydrogens (tertiary/aromatic N) is 3. The van der Waals surface area contributed by atoms with Crippen LogP contribution >= 0.6 is 11.8 Å². The summed E-state index contributed by atoms with van der Waals surface area (Å²) in [7, 11) is 3.93. The molecule has 2 heterocycles. The minimum absolute atomic E-state index is 0.210. The Hall–Kier alpha value is -1.73. The maximum atomic E-state index is 5.44. The molecule has 1 aromatic heterocycles. The summed E-state index contributed by atoms with van der Waals surface area (Å²) in [5.41, 5.74) is 1.17. The van der Waals surface area contributed by atoms with E-state index in [-0.39, 0.29) is 6.04 Å². The average molecular weight is 306 g/mol. The number of nitrogens with one attached hydrogen (secondary N) is 1. The average Bonchev–Trinajstić information content (AvgIpc) is 3.08. The largest absolute Gasteiger partial charge is 0.454 e. The third kappa shape index (κ3) is 2.84. The molecule has 0 saturated carbocycles. The maximum absolute atomic E-state index is 5.44. The van der Waals surface area contributed by atoms with Crippen LogP contribution in [0.15, 0.2) is 23.4 Å². The minimum atomic E-state index is 0.210. The summed E-state index contributed by atoms with van der Waals surface area (Å²) < 4.78 is 12.8. The fourth-order valence-corrected chi connectivity index (χ4v) is 3.25. The molecule has 0 fully saturated rings. The lowest BCUT2D eigenvalue weighted by atomic mass is 10.1. The highest BCUT2D eigenvalue weighted by Gasteiger charge is 2.18. The van der Waals surface area contributed by atoms with Crippen molar-refractivity contribution in [2.24, 2.45) is 7.05 Å². The van der Waals surface area contributed by atoms with Crippen LogP contribution in [-0.4, -0.2) is 34.4 Å². The summed E-state index contributed by atoms with van der Waals surface area (Å²) >= 11 is 1.68. The van der Waals surface area contributed by atoms with Crippen molar-refractivity contribution in [3.63, 3.8) is 0 Å². The first-order valence-corrected chi connectivity index (χ1v) is 7.73. The highest BCUT2D eigenvalue weighted by Crippen LogP contribution is 2.35. The smallest absolute Gasteiger partial charge is 0.231 e. The Morgan fingerprint density at radius 1 is 1.33 bits per heavy atom. The first-order chi connectivity index (χ1) is 10.2. The molecule has 7 heteroatoms. The van der Waals surface area contributed by atoms with E-state index in [2.05, 4.69) is 21.6 Å². The van der Waals surface area contributed by atoms with Gasteiger partial charge in [0.15, 0.2) is 16.7 Å². The van der Waals surface area contributed by atoms with Gasteiger partial charge in [-0.3, -0.25) is 0 Å². The number of fused-ring (bicyclic) bond motifs is 1. The normalized spacial score (nSPS) is 14.4. The van der Waals surface area contributed by atoms with Gasteiger partial charge in [0.2, 0.25) is 6.79 Å². The zero-order chi connectivity index (χ0) is 14.8. The van der Waals surface area contributed by atoms with Gasteiger partial charge in [0.1, 0.15) is 5.82 Å². The van der Waals surface area contributed by atoms with Crippen LogP contribution < -0.4 is 14.8 Å². The number of rotatable bonds is 5. The second-order valence-electron chi connectivity index (χ2n) is 4.85. The predicted molar refractivity (Wildman–Crippen MR) is 80.8 cm³/mol. The summed E-state index contributed by atoms with van der Waals surface area (Å²) in [6, 6.07) is 6.27. The Balaban J connectivity index is 1.72. The van der Waals surface area contributed by atoms with Gasteiger partial charge in [0, 0.05) is 18.8 Å². The quantitative estimate of drug-likeness (QED) is 0.852. The predicted octanol–water partition coefficient (Wildman–Crippen LogP) is 1.91. The van der Waals surface area contributed by atoms with Crippen molar-refractivity contribution in [2.75, 3.05) is 19.6 Å². The van der Waals surface area contributed by atoms with Gasteiger partial charge < -0.3 is 19.4 Å². The molecule has 1 aliphatic heterocycles. The molecular formula is C14H18N4O2S. The number of aromatic nitrogens is 3. The standard InChI is InChI=1S/C14H18N4O2S/c1-9-16-17-14(18(9)3)21-7-11(15-2)10-4-5-12-13(6-10)20-8-19-12/h4-6,11,15H,7-8H2,1-3H3. The van der Waals surface area contributed by atoms with E-state index in [0.29, 0.717) is 6.79 Å². The summed E-state index contributed by atoms with van der Waals surface area (Å²) in [5.74, 6) is 3.40. The van der Waals surface area contributed by atoms with E-state index in [1.807, 2.05) is 37.7 Å². The minimum Gasteiger partial charge on any atom is -0.454 e. The molecule has 6 nitrogen and oxygen atoms in total. The summed E-state index contributed by atoms with van der Waals surface area (Å²) in [5, 5.41) is 12.5. The molecule has 1 aliphatic rings. The lowest BCUT2D eigenvalue weighted by Crippen LogP contribution is -2.19. The third-order valence-electron chi connectivity index (χ3n) is 3.58. The van der Waals surface area contributed by atoms with E-state index in [1.54, 1.807) is 11.8 Å². The van der Waals surface area contributed by atoms with Crippen molar-refractivity contribution in [3.05, 3.63) is 29.6 Å². The van der Waals surface area contributed by atoms with E-state index >= 15 is 0 Å². The molecule has 1 atom stereocenters. The number of thioether (sulfide) groups is 1. The fraction of sp³-hybridized carbons (Fsp3) is 0.429. The SMILES string of the molecule is CNC(CSc1nnc(C)n1C)c1ccc2c(c1)OCO2. The molecule has 21 heavy (non-hydrogen) atoms. The second kappa shape index (κ2) is 5.95. The summed E-state index contributed by atoms with van der Waals surface area (Å²) in [6.45, 7) is 2.25. The second-order valence-corrected chi connectivity index (χ2v) is 5.84. The van der Waals surface area contributed by atoms with Gasteiger partial charge in [0.25, 0.3) is 0 Å². The van der Waals surface area contributed by atoms with Crippen molar-refractivity contribution in [2.45, 2.75) is 18.1 Å². The van der Waals surface area contributed by atoms with Crippen LogP contribution in [0.5, 0.6) is 11.5 Å². The molecule has 0 spiro atoms. The Morgan fingerprint density at radius 3 is 2.86 bits per heavy atom. The number of ether oxygens (including phenoxy) is 2. The molecule has 0 radical (unpaired) electrons. The Bertz CT molecular complexity index is 644. The van der Waals surface area contributed by atoms with Gasteiger partial charge in [0.05, 0.1) is 0 Å². The Morgan fingerprint density at radius 2 is 2.14 bits per heavy atom. The third-order valence-corrected chi connectivity index (χ3v) is 4.69. The molecule has 0 saturated heterocycles. The first kappa shape index (κ1) is 14.2. The highest BCUT2D eigenvalue weighted by atomic mass is 32.2. The topological polar surface area (TPSA) is 61.2 Å². The lowest BCUT2D eigenvalue weighted by molar-refractivity contribution is 0.174. The zero-order valence-corrected chi connectivity index (χ0v) is 13.1. The number of benzene rings is 1. The Kier molecular flexibility index (Phi) is 4.03. The fourth-order valence-electron chi connectivity index (χ4n) is 2.15. The number of hydrogen-bond acceptors (Lipinski definition) is 6. The van der Waals surface area contributed by atoms with E-state index in [4.69, 9.17) is 9.47 Å². The molecule has 0 bridgehead atoms. The van der Waals surface area contributed by atoms with Crippen molar-refractivity contribution >= 4 is 11.8 Å². The van der Waals surface area contributed by atoms with Crippen LogP contribution in [0, 0.1) is 6.92 Å². The Labute approximate surface area is 127 Å². The monoisotopic (exact) mass is 306 g/mol. The van der Waals surface area contributed by atoms with Crippen molar-refractivity contribution in [1.29, 1.82) is 0 Å². The molecule has 0 amide bonds. The van der Waals surface area contributed by atoms with Crippen LogP contribution in [-0.2, 0) is 7.05 Å². The maximum Gasteiger partial charge on any atom is 0.231 e. The summed E-state index contributed by atoms with van der Waals surface area (Å²) in [4.78, 5) is 0. The van der Waals surface area contributed by atoms with E-state index in [0.717, 1.165) is 28.2 Å². The molecule has 112 valence electrons. The molecular weight excluding hydrogens is 288 g/mol. The van der Waals surface area contributed by atoms with Crippen molar-refractivity contribution in [1.82, 2.24) is 20.1 Å². The van der Waals surface area contributed by atoms with Crippen molar-refractivity contribution in [3.8, 4) is 11.5 Å². The van der Waals surface area contributed by atoms with E-state index in [1.165, 1.54) is 5.56 Å².